The second-order valence-corrected chi connectivity index (χ2v) is 14.6. The van der Waals surface area contributed by atoms with Crippen molar-refractivity contribution in [1.29, 1.82) is 0 Å². The Hall–Kier alpha value is -2.85. The van der Waals surface area contributed by atoms with Gasteiger partial charge in [0.2, 0.25) is 0 Å². The first-order chi connectivity index (χ1) is 23.1. The molecule has 3 fully saturated rings. The summed E-state index contributed by atoms with van der Waals surface area (Å²) in [5.74, 6) is -0.658. The molecule has 4 rings (SSSR count). The van der Waals surface area contributed by atoms with E-state index in [9.17, 15) is 19.5 Å². The summed E-state index contributed by atoms with van der Waals surface area (Å²) in [5.41, 5.74) is 0.845. The topological polar surface area (TPSA) is 109 Å². The summed E-state index contributed by atoms with van der Waals surface area (Å²) in [4.78, 5) is 44.6. The first-order valence-electron chi connectivity index (χ1n) is 18.6. The van der Waals surface area contributed by atoms with Gasteiger partial charge < -0.3 is 29.1 Å². The quantitative estimate of drug-likeness (QED) is 0.108. The van der Waals surface area contributed by atoms with E-state index in [-0.39, 0.29) is 36.4 Å². The maximum atomic E-state index is 13.4. The molecule has 2 saturated heterocycles. The summed E-state index contributed by atoms with van der Waals surface area (Å²) in [5, 5.41) is 10.7. The molecule has 0 unspecified atom stereocenters. The average molecular weight is 672 g/mol. The third kappa shape index (κ3) is 11.9. The van der Waals surface area contributed by atoms with Gasteiger partial charge >= 0.3 is 18.2 Å². The molecule has 4 aliphatic rings. The van der Waals surface area contributed by atoms with Gasteiger partial charge in [-0.05, 0) is 63.0 Å². The van der Waals surface area contributed by atoms with E-state index in [2.05, 4.69) is 4.90 Å². The third-order valence-corrected chi connectivity index (χ3v) is 10.5. The SMILES string of the molecule is C/C(=C\C=C\[C@@H](C)COC(=O)N1CCCC1)[C@H]1OC(=O)C[C@H](O)CC[C@H](C)[C@@H](OC(=O)N2CCN(C3CCCCCC3)CC2)/C=C/[C@@H]1C. The van der Waals surface area contributed by atoms with Crippen LogP contribution in [0.4, 0.5) is 9.59 Å². The molecule has 48 heavy (non-hydrogen) atoms. The van der Waals surface area contributed by atoms with Crippen LogP contribution in [0.5, 0.6) is 0 Å². The van der Waals surface area contributed by atoms with Crippen LogP contribution in [0, 0.1) is 17.8 Å². The number of carbonyl (C=O) groups is 3. The van der Waals surface area contributed by atoms with E-state index in [0.717, 1.165) is 44.6 Å². The number of piperazine rings is 1. The molecule has 1 saturated carbocycles. The molecule has 1 aliphatic carbocycles. The normalized spacial score (nSPS) is 30.6. The summed E-state index contributed by atoms with van der Waals surface area (Å²) < 4.78 is 17.5. The Morgan fingerprint density at radius 1 is 0.917 bits per heavy atom. The van der Waals surface area contributed by atoms with Crippen LogP contribution in [0.1, 0.15) is 98.3 Å². The molecule has 0 spiro atoms. The molecule has 0 radical (unpaired) electrons. The lowest BCUT2D eigenvalue weighted by Gasteiger charge is -2.39. The molecule has 10 heteroatoms. The smallest absolute Gasteiger partial charge is 0.410 e. The number of nitrogens with zero attached hydrogens (tertiary/aromatic N) is 3. The molecule has 3 aliphatic heterocycles. The maximum absolute atomic E-state index is 13.4. The minimum Gasteiger partial charge on any atom is -0.457 e. The highest BCUT2D eigenvalue weighted by atomic mass is 16.6. The Bertz CT molecular complexity index is 1120. The fraction of sp³-hybridized carbons (Fsp3) is 0.763. The summed E-state index contributed by atoms with van der Waals surface area (Å²) >= 11 is 0. The maximum Gasteiger partial charge on any atom is 0.410 e. The largest absolute Gasteiger partial charge is 0.457 e. The first kappa shape index (κ1) is 38.0. The monoisotopic (exact) mass is 671 g/mol. The van der Waals surface area contributed by atoms with Gasteiger partial charge in [0.25, 0.3) is 0 Å². The van der Waals surface area contributed by atoms with Crippen molar-refractivity contribution in [2.75, 3.05) is 45.9 Å². The number of hydrogen-bond acceptors (Lipinski definition) is 8. The fourth-order valence-corrected chi connectivity index (χ4v) is 7.27. The Morgan fingerprint density at radius 3 is 2.27 bits per heavy atom. The molecule has 0 aromatic carbocycles. The van der Waals surface area contributed by atoms with Gasteiger partial charge in [0, 0.05) is 57.1 Å². The van der Waals surface area contributed by atoms with Crippen molar-refractivity contribution >= 4 is 18.2 Å². The molecule has 10 nitrogen and oxygen atoms in total. The van der Waals surface area contributed by atoms with Gasteiger partial charge in [-0.1, -0.05) is 70.8 Å². The zero-order chi connectivity index (χ0) is 34.5. The van der Waals surface area contributed by atoms with Crippen molar-refractivity contribution in [3.8, 4) is 0 Å². The van der Waals surface area contributed by atoms with E-state index >= 15 is 0 Å². The molecular formula is C38H61N3O7. The number of hydrogen-bond donors (Lipinski definition) is 1. The van der Waals surface area contributed by atoms with E-state index in [1.165, 1.54) is 38.5 Å². The van der Waals surface area contributed by atoms with Gasteiger partial charge in [0.15, 0.2) is 0 Å². The highest BCUT2D eigenvalue weighted by Crippen LogP contribution is 2.26. The van der Waals surface area contributed by atoms with E-state index < -0.39 is 24.3 Å². The molecule has 0 aromatic heterocycles. The standard InChI is InChI=1S/C38H61N3O7/c1-28(27-46-37(44)40-20-9-10-21-40)12-11-13-30(3)36-31(4)17-19-34(29(2)16-18-33(42)26-35(43)48-36)47-38(45)41-24-22-39(23-25-41)32-14-7-5-6-8-15-32/h11-13,17,19,28-29,31-34,36,42H,5-10,14-16,18,20-27H2,1-4H3/b12-11+,19-17+,30-13+/t28-,29+,31+,33-,34+,36-/m1/s1. The Balaban J connectivity index is 1.36. The van der Waals surface area contributed by atoms with Crippen LogP contribution in [-0.4, -0.2) is 108 Å². The predicted molar refractivity (Wildman–Crippen MR) is 186 cm³/mol. The number of rotatable bonds is 7. The summed E-state index contributed by atoms with van der Waals surface area (Å²) in [6.45, 7) is 12.8. The van der Waals surface area contributed by atoms with Crippen molar-refractivity contribution in [2.45, 2.75) is 123 Å². The molecule has 0 aromatic rings. The molecule has 2 amide bonds. The number of likely N-dealkylation sites (tertiary alicyclic amines) is 1. The van der Waals surface area contributed by atoms with Crippen LogP contribution >= 0.6 is 0 Å². The summed E-state index contributed by atoms with van der Waals surface area (Å²) in [6, 6.07) is 0.635. The molecule has 1 N–H and O–H groups in total. The summed E-state index contributed by atoms with van der Waals surface area (Å²) in [7, 11) is 0. The van der Waals surface area contributed by atoms with Gasteiger partial charge in [-0.3, -0.25) is 9.69 Å². The van der Waals surface area contributed by atoms with Crippen molar-refractivity contribution in [3.63, 3.8) is 0 Å². The minimum atomic E-state index is -0.832. The second-order valence-electron chi connectivity index (χ2n) is 14.6. The third-order valence-electron chi connectivity index (χ3n) is 10.5. The number of aliphatic hydroxyl groups excluding tert-OH is 1. The minimum absolute atomic E-state index is 0.0173. The van der Waals surface area contributed by atoms with E-state index in [4.69, 9.17) is 14.2 Å². The van der Waals surface area contributed by atoms with Crippen molar-refractivity contribution in [1.82, 2.24) is 14.7 Å². The van der Waals surface area contributed by atoms with Gasteiger partial charge in [-0.15, -0.1) is 0 Å². The predicted octanol–water partition coefficient (Wildman–Crippen LogP) is 6.49. The van der Waals surface area contributed by atoms with Gasteiger partial charge in [0.1, 0.15) is 12.2 Å². The Labute approximate surface area is 288 Å². The van der Waals surface area contributed by atoms with Crippen LogP contribution in [-0.2, 0) is 19.0 Å². The molecular weight excluding hydrogens is 610 g/mol. The van der Waals surface area contributed by atoms with Crippen molar-refractivity contribution < 1.29 is 33.7 Å². The van der Waals surface area contributed by atoms with Crippen LogP contribution < -0.4 is 0 Å². The van der Waals surface area contributed by atoms with Crippen LogP contribution in [0.3, 0.4) is 0 Å². The Kier molecular flexibility index (Phi) is 15.3. The number of ether oxygens (including phenoxy) is 3. The second kappa shape index (κ2) is 19.4. The highest BCUT2D eigenvalue weighted by molar-refractivity contribution is 5.70. The number of cyclic esters (lactones) is 1. The van der Waals surface area contributed by atoms with E-state index in [0.29, 0.717) is 38.6 Å². The van der Waals surface area contributed by atoms with Crippen LogP contribution in [0.25, 0.3) is 0 Å². The lowest BCUT2D eigenvalue weighted by atomic mass is 9.92. The van der Waals surface area contributed by atoms with E-state index in [1.54, 1.807) is 4.90 Å². The number of esters is 1. The zero-order valence-corrected chi connectivity index (χ0v) is 29.9. The number of carbonyl (C=O) groups excluding carboxylic acids is 3. The lowest BCUT2D eigenvalue weighted by Crippen LogP contribution is -2.52. The van der Waals surface area contributed by atoms with Gasteiger partial charge in [-0.25, -0.2) is 9.59 Å². The van der Waals surface area contributed by atoms with Crippen molar-refractivity contribution in [2.24, 2.45) is 17.8 Å². The van der Waals surface area contributed by atoms with Crippen LogP contribution in [0.15, 0.2) is 36.0 Å². The molecule has 270 valence electrons. The molecule has 3 heterocycles. The molecule has 0 bridgehead atoms. The van der Waals surface area contributed by atoms with Gasteiger partial charge in [0.05, 0.1) is 19.1 Å². The molecule has 6 atom stereocenters. The average Bonchev–Trinajstić information content (AvgIpc) is 3.49. The van der Waals surface area contributed by atoms with Crippen LogP contribution in [0.2, 0.25) is 0 Å². The fourth-order valence-electron chi connectivity index (χ4n) is 7.27. The Morgan fingerprint density at radius 2 is 1.58 bits per heavy atom. The highest BCUT2D eigenvalue weighted by Gasteiger charge is 2.31. The van der Waals surface area contributed by atoms with Gasteiger partial charge in [-0.2, -0.15) is 0 Å². The number of amides is 2. The number of aliphatic hydroxyl groups is 1. The van der Waals surface area contributed by atoms with E-state index in [1.807, 2.05) is 63.0 Å². The number of allylic oxidation sites excluding steroid dienone is 2. The van der Waals surface area contributed by atoms with Crippen molar-refractivity contribution in [3.05, 3.63) is 36.0 Å². The summed E-state index contributed by atoms with van der Waals surface area (Å²) in [6.07, 6.45) is 18.1. The lowest BCUT2D eigenvalue weighted by molar-refractivity contribution is -0.151. The zero-order valence-electron chi connectivity index (χ0n) is 29.9. The first-order valence-corrected chi connectivity index (χ1v) is 18.6.